The van der Waals surface area contributed by atoms with Gasteiger partial charge in [0.15, 0.2) is 11.5 Å². The quantitative estimate of drug-likeness (QED) is 0.940. The molecular formula is C15H19F3N2O2. The van der Waals surface area contributed by atoms with E-state index in [1.165, 1.54) is 6.92 Å². The number of alkyl halides is 3. The molecule has 0 radical (unpaired) electrons. The second-order valence-corrected chi connectivity index (χ2v) is 6.21. The SMILES string of the molecule is Cc1nc2cc(CN(C)CC(C)(C)O)cc(C(F)(F)F)c2o1. The number of likely N-dealkylation sites (N-methyl/N-ethyl adjacent to an activating group) is 1. The van der Waals surface area contributed by atoms with E-state index in [9.17, 15) is 18.3 Å². The Morgan fingerprint density at radius 3 is 2.45 bits per heavy atom. The number of hydrogen-bond donors (Lipinski definition) is 1. The van der Waals surface area contributed by atoms with Crippen LogP contribution in [0.25, 0.3) is 11.1 Å². The Labute approximate surface area is 126 Å². The molecule has 0 saturated heterocycles. The highest BCUT2D eigenvalue weighted by atomic mass is 19.4. The van der Waals surface area contributed by atoms with Gasteiger partial charge in [0.1, 0.15) is 11.1 Å². The van der Waals surface area contributed by atoms with E-state index in [4.69, 9.17) is 4.42 Å². The van der Waals surface area contributed by atoms with Gasteiger partial charge >= 0.3 is 6.18 Å². The maximum absolute atomic E-state index is 13.2. The molecule has 0 aliphatic rings. The van der Waals surface area contributed by atoms with Gasteiger partial charge in [0.25, 0.3) is 0 Å². The van der Waals surface area contributed by atoms with E-state index in [1.807, 2.05) is 0 Å². The van der Waals surface area contributed by atoms with Crippen molar-refractivity contribution in [3.05, 3.63) is 29.2 Å². The lowest BCUT2D eigenvalue weighted by Crippen LogP contribution is -2.35. The van der Waals surface area contributed by atoms with Gasteiger partial charge in [0.2, 0.25) is 0 Å². The first-order chi connectivity index (χ1) is 9.95. The molecule has 0 aliphatic heterocycles. The van der Waals surface area contributed by atoms with Crippen LogP contribution in [-0.4, -0.2) is 34.2 Å². The third-order valence-electron chi connectivity index (χ3n) is 3.07. The van der Waals surface area contributed by atoms with Crippen LogP contribution < -0.4 is 0 Å². The zero-order chi connectivity index (χ0) is 16.7. The minimum atomic E-state index is -4.50. The smallest absolute Gasteiger partial charge is 0.420 e. The minimum Gasteiger partial charge on any atom is -0.440 e. The molecule has 0 aliphatic carbocycles. The zero-order valence-electron chi connectivity index (χ0n) is 13.0. The molecule has 4 nitrogen and oxygen atoms in total. The largest absolute Gasteiger partial charge is 0.440 e. The number of nitrogens with zero attached hydrogens (tertiary/aromatic N) is 2. The van der Waals surface area contributed by atoms with Crippen LogP contribution in [0.1, 0.15) is 30.9 Å². The van der Waals surface area contributed by atoms with E-state index in [0.29, 0.717) is 12.1 Å². The summed E-state index contributed by atoms with van der Waals surface area (Å²) in [4.78, 5) is 5.75. The van der Waals surface area contributed by atoms with Crippen molar-refractivity contribution < 1.29 is 22.7 Å². The molecule has 2 aromatic rings. The van der Waals surface area contributed by atoms with E-state index >= 15 is 0 Å². The van der Waals surface area contributed by atoms with Crippen LogP contribution in [0.3, 0.4) is 0 Å². The molecule has 22 heavy (non-hydrogen) atoms. The molecule has 0 spiro atoms. The highest BCUT2D eigenvalue weighted by Gasteiger charge is 2.35. The number of hydrogen-bond acceptors (Lipinski definition) is 4. The van der Waals surface area contributed by atoms with Gasteiger partial charge in [-0.05, 0) is 38.6 Å². The van der Waals surface area contributed by atoms with E-state index < -0.39 is 17.3 Å². The number of rotatable bonds is 4. The molecule has 0 fully saturated rings. The maximum atomic E-state index is 13.2. The predicted octanol–water partition coefficient (Wildman–Crippen LogP) is 3.36. The number of aliphatic hydroxyl groups is 1. The van der Waals surface area contributed by atoms with Crippen LogP contribution in [0.2, 0.25) is 0 Å². The fourth-order valence-electron chi connectivity index (χ4n) is 2.53. The lowest BCUT2D eigenvalue weighted by Gasteiger charge is -2.25. The summed E-state index contributed by atoms with van der Waals surface area (Å²) in [6.07, 6.45) is -4.50. The summed E-state index contributed by atoms with van der Waals surface area (Å²) in [6, 6.07) is 2.66. The Morgan fingerprint density at radius 2 is 1.91 bits per heavy atom. The van der Waals surface area contributed by atoms with Crippen LogP contribution in [-0.2, 0) is 12.7 Å². The Bertz CT molecular complexity index is 672. The monoisotopic (exact) mass is 316 g/mol. The van der Waals surface area contributed by atoms with Gasteiger partial charge in [-0.25, -0.2) is 4.98 Å². The number of halogens is 3. The molecular weight excluding hydrogens is 297 g/mol. The first-order valence-electron chi connectivity index (χ1n) is 6.84. The van der Waals surface area contributed by atoms with Gasteiger partial charge < -0.3 is 9.52 Å². The first kappa shape index (κ1) is 16.8. The Hall–Kier alpha value is -1.60. The number of benzene rings is 1. The van der Waals surface area contributed by atoms with Crippen LogP contribution in [0.4, 0.5) is 13.2 Å². The third kappa shape index (κ3) is 3.98. The van der Waals surface area contributed by atoms with Crippen molar-refractivity contribution >= 4 is 11.1 Å². The summed E-state index contributed by atoms with van der Waals surface area (Å²) in [7, 11) is 1.74. The summed E-state index contributed by atoms with van der Waals surface area (Å²) in [6.45, 7) is 5.42. The van der Waals surface area contributed by atoms with Crippen LogP contribution in [0.5, 0.6) is 0 Å². The fourth-order valence-corrected chi connectivity index (χ4v) is 2.53. The lowest BCUT2D eigenvalue weighted by molar-refractivity contribution is -0.136. The number of aromatic nitrogens is 1. The number of aryl methyl sites for hydroxylation is 1. The van der Waals surface area contributed by atoms with E-state index in [0.717, 1.165) is 6.07 Å². The van der Waals surface area contributed by atoms with Crippen molar-refractivity contribution in [1.29, 1.82) is 0 Å². The molecule has 1 N–H and O–H groups in total. The topological polar surface area (TPSA) is 49.5 Å². The molecule has 0 unspecified atom stereocenters. The van der Waals surface area contributed by atoms with E-state index in [-0.39, 0.29) is 23.5 Å². The number of fused-ring (bicyclic) bond motifs is 1. The summed E-state index contributed by atoms with van der Waals surface area (Å²) in [5.41, 5.74) is -1.31. The molecule has 122 valence electrons. The molecule has 0 amide bonds. The van der Waals surface area contributed by atoms with Gasteiger partial charge in [-0.3, -0.25) is 4.90 Å². The van der Waals surface area contributed by atoms with Gasteiger partial charge in [0.05, 0.1) is 5.60 Å². The highest BCUT2D eigenvalue weighted by molar-refractivity contribution is 5.78. The summed E-state index contributed by atoms with van der Waals surface area (Å²) in [5, 5.41) is 9.78. The molecule has 1 aromatic heterocycles. The standard InChI is InChI=1S/C15H19F3N2O2/c1-9-19-12-6-10(7-20(4)8-14(2,3)21)5-11(13(12)22-9)15(16,17)18/h5-6,21H,7-8H2,1-4H3. The van der Waals surface area contributed by atoms with Crippen molar-refractivity contribution in [2.24, 2.45) is 0 Å². The molecule has 0 saturated carbocycles. The van der Waals surface area contributed by atoms with E-state index in [2.05, 4.69) is 4.98 Å². The molecule has 1 heterocycles. The van der Waals surface area contributed by atoms with Crippen molar-refractivity contribution in [3.63, 3.8) is 0 Å². The molecule has 0 atom stereocenters. The Balaban J connectivity index is 2.39. The first-order valence-corrected chi connectivity index (χ1v) is 6.84. The van der Waals surface area contributed by atoms with Crippen molar-refractivity contribution in [2.75, 3.05) is 13.6 Å². The van der Waals surface area contributed by atoms with Crippen molar-refractivity contribution in [3.8, 4) is 0 Å². The summed E-state index contributed by atoms with van der Waals surface area (Å²) < 4.78 is 44.6. The molecule has 0 bridgehead atoms. The maximum Gasteiger partial charge on any atom is 0.420 e. The highest BCUT2D eigenvalue weighted by Crippen LogP contribution is 2.36. The fraction of sp³-hybridized carbons (Fsp3) is 0.533. The van der Waals surface area contributed by atoms with Crippen LogP contribution >= 0.6 is 0 Å². The van der Waals surface area contributed by atoms with Gasteiger partial charge in [-0.1, -0.05) is 0 Å². The normalized spacial score (nSPS) is 13.3. The number of oxazole rings is 1. The van der Waals surface area contributed by atoms with Crippen LogP contribution in [0, 0.1) is 6.92 Å². The van der Waals surface area contributed by atoms with Gasteiger partial charge in [-0.15, -0.1) is 0 Å². The molecule has 7 heteroatoms. The van der Waals surface area contributed by atoms with Crippen molar-refractivity contribution in [1.82, 2.24) is 9.88 Å². The van der Waals surface area contributed by atoms with E-state index in [1.54, 1.807) is 31.9 Å². The predicted molar refractivity (Wildman–Crippen MR) is 76.4 cm³/mol. The molecule has 1 aromatic carbocycles. The minimum absolute atomic E-state index is 0.194. The Kier molecular flexibility index (Phi) is 4.23. The zero-order valence-corrected chi connectivity index (χ0v) is 13.0. The average Bonchev–Trinajstić information content (AvgIpc) is 2.63. The van der Waals surface area contributed by atoms with Gasteiger partial charge in [0, 0.05) is 20.0 Å². The lowest BCUT2D eigenvalue weighted by atomic mass is 10.1. The Morgan fingerprint density at radius 1 is 1.27 bits per heavy atom. The second-order valence-electron chi connectivity index (χ2n) is 6.21. The van der Waals surface area contributed by atoms with Crippen LogP contribution in [0.15, 0.2) is 16.5 Å². The average molecular weight is 316 g/mol. The van der Waals surface area contributed by atoms with Crippen molar-refractivity contribution in [2.45, 2.75) is 39.1 Å². The molecule has 2 rings (SSSR count). The summed E-state index contributed by atoms with van der Waals surface area (Å²) >= 11 is 0. The second kappa shape index (κ2) is 5.55. The van der Waals surface area contributed by atoms with Gasteiger partial charge in [-0.2, -0.15) is 13.2 Å². The third-order valence-corrected chi connectivity index (χ3v) is 3.07. The summed E-state index contributed by atoms with van der Waals surface area (Å²) in [5.74, 6) is 0.197.